The van der Waals surface area contributed by atoms with Gasteiger partial charge in [-0.1, -0.05) is 42.5 Å². The van der Waals surface area contributed by atoms with Crippen LogP contribution in [0.3, 0.4) is 0 Å². The molecule has 1 aliphatic rings. The molecule has 1 fully saturated rings. The minimum Gasteiger partial charge on any atom is -0.503 e. The highest BCUT2D eigenvalue weighted by molar-refractivity contribution is 6.16. The second-order valence-corrected chi connectivity index (χ2v) is 7.42. The van der Waals surface area contributed by atoms with Crippen LogP contribution in [0.5, 0.6) is 5.88 Å². The van der Waals surface area contributed by atoms with E-state index in [2.05, 4.69) is 15.3 Å². The van der Waals surface area contributed by atoms with Crippen molar-refractivity contribution >= 4 is 23.2 Å². The van der Waals surface area contributed by atoms with Crippen LogP contribution in [0.1, 0.15) is 35.6 Å². The molecule has 0 aliphatic heterocycles. The Balaban J connectivity index is 1.58. The highest BCUT2D eigenvalue weighted by Crippen LogP contribution is 2.40. The molecule has 0 spiro atoms. The third-order valence-electron chi connectivity index (χ3n) is 5.07. The lowest BCUT2D eigenvalue weighted by Gasteiger charge is -2.14. The zero-order valence-corrected chi connectivity index (χ0v) is 18.1. The molecule has 1 aliphatic carbocycles. The van der Waals surface area contributed by atoms with Gasteiger partial charge in [-0.05, 0) is 36.1 Å². The maximum Gasteiger partial charge on any atom is 0.341 e. The van der Waals surface area contributed by atoms with Gasteiger partial charge in [-0.2, -0.15) is 4.98 Å². The van der Waals surface area contributed by atoms with Crippen molar-refractivity contribution in [3.8, 4) is 5.88 Å². The number of aromatic nitrogens is 2. The fourth-order valence-corrected chi connectivity index (χ4v) is 3.32. The van der Waals surface area contributed by atoms with E-state index in [0.717, 1.165) is 29.8 Å². The number of nitrogens with one attached hydrogen (secondary N) is 1. The average Bonchev–Trinajstić information content (AvgIpc) is 3.67. The molecule has 0 saturated heterocycles. The molecule has 1 saturated carbocycles. The normalized spacial score (nSPS) is 13.4. The molecule has 32 heavy (non-hydrogen) atoms. The van der Waals surface area contributed by atoms with Crippen LogP contribution in [-0.4, -0.2) is 30.2 Å². The molecule has 1 aromatic heterocycles. The number of rotatable bonds is 9. The molecule has 2 aromatic carbocycles. The monoisotopic (exact) mass is 431 g/mol. The topological polar surface area (TPSA) is 82.6 Å². The first-order valence-corrected chi connectivity index (χ1v) is 10.4. The Morgan fingerprint density at radius 3 is 2.53 bits per heavy atom. The van der Waals surface area contributed by atoms with Gasteiger partial charge in [0.1, 0.15) is 12.2 Å². The molecule has 0 bridgehead atoms. The Hall–Kier alpha value is -3.87. The van der Waals surface area contributed by atoms with Gasteiger partial charge in [0, 0.05) is 17.7 Å². The van der Waals surface area contributed by atoms with Crippen molar-refractivity contribution in [3.05, 3.63) is 83.7 Å². The summed E-state index contributed by atoms with van der Waals surface area (Å²) in [6.07, 6.45) is 3.62. The average molecular weight is 431 g/mol. The van der Waals surface area contributed by atoms with Gasteiger partial charge in [-0.15, -0.1) is 0 Å². The molecule has 7 nitrogen and oxygen atoms in total. The molecule has 0 atom stereocenters. The highest BCUT2D eigenvalue weighted by atomic mass is 16.5. The molecule has 0 unspecified atom stereocenters. The molecule has 7 heteroatoms. The number of esters is 1. The van der Waals surface area contributed by atoms with Crippen molar-refractivity contribution in [2.24, 2.45) is 0 Å². The third-order valence-corrected chi connectivity index (χ3v) is 5.07. The second-order valence-electron chi connectivity index (χ2n) is 7.42. The van der Waals surface area contributed by atoms with Gasteiger partial charge >= 0.3 is 5.97 Å². The van der Waals surface area contributed by atoms with Crippen LogP contribution < -0.4 is 10.1 Å². The quantitative estimate of drug-likeness (QED) is 0.295. The van der Waals surface area contributed by atoms with Gasteiger partial charge < -0.3 is 19.5 Å². The van der Waals surface area contributed by atoms with Crippen molar-refractivity contribution in [3.63, 3.8) is 0 Å². The van der Waals surface area contributed by atoms with Gasteiger partial charge in [0.2, 0.25) is 11.8 Å². The summed E-state index contributed by atoms with van der Waals surface area (Å²) in [5.74, 6) is 0.940. The van der Waals surface area contributed by atoms with E-state index in [1.54, 1.807) is 0 Å². The van der Waals surface area contributed by atoms with Crippen molar-refractivity contribution in [1.82, 2.24) is 9.97 Å². The van der Waals surface area contributed by atoms with E-state index in [0.29, 0.717) is 28.9 Å². The smallest absolute Gasteiger partial charge is 0.341 e. The van der Waals surface area contributed by atoms with Gasteiger partial charge in [-0.25, -0.2) is 9.78 Å². The van der Waals surface area contributed by atoms with Crippen molar-refractivity contribution in [1.29, 1.82) is 0 Å². The summed E-state index contributed by atoms with van der Waals surface area (Å²) >= 11 is 0. The largest absolute Gasteiger partial charge is 0.503 e. The van der Waals surface area contributed by atoms with Crippen LogP contribution >= 0.6 is 0 Å². The Kier molecular flexibility index (Phi) is 6.65. The van der Waals surface area contributed by atoms with Crippen LogP contribution in [0.4, 0.5) is 11.6 Å². The molecule has 1 N–H and O–H groups in total. The molecule has 4 rings (SSSR count). The Bertz CT molecular complexity index is 1110. The molecular formula is C25H25N3O4. The fourth-order valence-electron chi connectivity index (χ4n) is 3.32. The number of para-hydroxylation sites is 1. The molecule has 164 valence electrons. The Labute approximate surface area is 187 Å². The summed E-state index contributed by atoms with van der Waals surface area (Å²) in [5, 5.41) is 3.25. The van der Waals surface area contributed by atoms with Crippen molar-refractivity contribution in [2.75, 3.05) is 19.5 Å². The lowest BCUT2D eigenvalue weighted by atomic mass is 10.0. The zero-order chi connectivity index (χ0) is 22.3. The molecular weight excluding hydrogens is 406 g/mol. The first-order valence-electron chi connectivity index (χ1n) is 10.4. The van der Waals surface area contributed by atoms with E-state index in [-0.39, 0.29) is 6.61 Å². The number of carbonyl (C=O) groups excluding carboxylic acids is 1. The van der Waals surface area contributed by atoms with E-state index >= 15 is 0 Å². The van der Waals surface area contributed by atoms with E-state index in [4.69, 9.17) is 14.2 Å². The number of hydrogen-bond donors (Lipinski definition) is 1. The number of benzene rings is 2. The number of nitrogens with zero attached hydrogens (tertiary/aromatic N) is 2. The Morgan fingerprint density at radius 2 is 1.81 bits per heavy atom. The van der Waals surface area contributed by atoms with Gasteiger partial charge in [0.05, 0.1) is 26.2 Å². The number of anilines is 2. The van der Waals surface area contributed by atoms with Crippen molar-refractivity contribution < 1.29 is 19.0 Å². The van der Waals surface area contributed by atoms with E-state index < -0.39 is 5.97 Å². The van der Waals surface area contributed by atoms with Crippen LogP contribution in [0.15, 0.2) is 66.9 Å². The van der Waals surface area contributed by atoms with Gasteiger partial charge in [0.25, 0.3) is 0 Å². The second kappa shape index (κ2) is 9.96. The van der Waals surface area contributed by atoms with Crippen molar-refractivity contribution in [2.45, 2.75) is 25.4 Å². The number of ether oxygens (including phenoxy) is 3. The summed E-state index contributed by atoms with van der Waals surface area (Å²) < 4.78 is 16.0. The highest BCUT2D eigenvalue weighted by Gasteiger charge is 2.26. The lowest BCUT2D eigenvalue weighted by Crippen LogP contribution is -2.09. The van der Waals surface area contributed by atoms with E-state index in [9.17, 15) is 4.79 Å². The molecule has 1 heterocycles. The number of carbonyl (C=O) groups is 1. The summed E-state index contributed by atoms with van der Waals surface area (Å²) in [6.45, 7) is 0.222. The van der Waals surface area contributed by atoms with E-state index in [1.807, 2.05) is 60.7 Å². The Morgan fingerprint density at radius 1 is 1.06 bits per heavy atom. The summed E-state index contributed by atoms with van der Waals surface area (Å²) in [5.41, 5.74) is 3.69. The van der Waals surface area contributed by atoms with Gasteiger partial charge in [-0.3, -0.25) is 0 Å². The minimum absolute atomic E-state index is 0.222. The first-order chi connectivity index (χ1) is 15.7. The lowest BCUT2D eigenvalue weighted by molar-refractivity contribution is -0.133. The molecule has 0 amide bonds. The maximum absolute atomic E-state index is 12.2. The maximum atomic E-state index is 12.2. The SMILES string of the molecule is CO/C=C(/C(=O)OC)c1ccccc1COc1cc(C2CC2)nc(Nc2ccccc2)n1. The standard InChI is InChI=1S/C25H25N3O4/c1-30-16-21(24(29)31-2)20-11-7-6-8-18(20)15-32-23-14-22(17-12-13-17)27-25(28-23)26-19-9-4-3-5-10-19/h3-11,14,16-17H,12-13,15H2,1-2H3,(H,26,27,28)/b21-16+. The summed E-state index contributed by atoms with van der Waals surface area (Å²) in [4.78, 5) is 21.4. The van der Waals surface area contributed by atoms with Crippen LogP contribution in [0.2, 0.25) is 0 Å². The number of methoxy groups -OCH3 is 2. The predicted molar refractivity (Wildman–Crippen MR) is 122 cm³/mol. The van der Waals surface area contributed by atoms with E-state index in [1.165, 1.54) is 20.5 Å². The number of hydrogen-bond acceptors (Lipinski definition) is 7. The minimum atomic E-state index is -0.480. The predicted octanol–water partition coefficient (Wildman–Crippen LogP) is 4.84. The zero-order valence-electron chi connectivity index (χ0n) is 18.1. The fraction of sp³-hybridized carbons (Fsp3) is 0.240. The molecule has 0 radical (unpaired) electrons. The first kappa shape index (κ1) is 21.4. The van der Waals surface area contributed by atoms with Gasteiger partial charge in [0.15, 0.2) is 0 Å². The molecule has 3 aromatic rings. The summed E-state index contributed by atoms with van der Waals surface area (Å²) in [7, 11) is 2.83. The summed E-state index contributed by atoms with van der Waals surface area (Å²) in [6, 6.07) is 19.1. The van der Waals surface area contributed by atoms with Crippen LogP contribution in [-0.2, 0) is 20.9 Å². The van der Waals surface area contributed by atoms with Crippen LogP contribution in [0.25, 0.3) is 5.57 Å². The third kappa shape index (κ3) is 5.24. The van der Waals surface area contributed by atoms with Crippen LogP contribution in [0, 0.1) is 0 Å².